The average Bonchev–Trinajstić information content (AvgIpc) is 2.56. The van der Waals surface area contributed by atoms with Crippen molar-refractivity contribution in [1.82, 2.24) is 4.98 Å². The Bertz CT molecular complexity index is 836. The second-order valence-electron chi connectivity index (χ2n) is 6.08. The van der Waals surface area contributed by atoms with Crippen molar-refractivity contribution in [2.24, 2.45) is 0 Å². The van der Waals surface area contributed by atoms with E-state index in [1.54, 1.807) is 0 Å². The first-order chi connectivity index (χ1) is 10.8. The molecule has 1 heterocycles. The molecule has 0 amide bonds. The molecule has 0 fully saturated rings. The van der Waals surface area contributed by atoms with Crippen LogP contribution in [0, 0.1) is 6.92 Å². The maximum atomic E-state index is 4.90. The van der Waals surface area contributed by atoms with Gasteiger partial charge in [0, 0.05) is 16.8 Å². The van der Waals surface area contributed by atoms with Gasteiger partial charge < -0.3 is 5.32 Å². The Kier molecular flexibility index (Phi) is 3.30. The molecule has 2 heteroatoms. The average molecular weight is 288 g/mol. The summed E-state index contributed by atoms with van der Waals surface area (Å²) in [5.41, 5.74) is 7.50. The summed E-state index contributed by atoms with van der Waals surface area (Å²) < 4.78 is 0. The van der Waals surface area contributed by atoms with Crippen LogP contribution >= 0.6 is 0 Å². The Labute approximate surface area is 131 Å². The molecule has 2 aromatic carbocycles. The van der Waals surface area contributed by atoms with E-state index >= 15 is 0 Å². The Morgan fingerprint density at radius 1 is 0.909 bits per heavy atom. The smallest absolute Gasteiger partial charge is 0.0726 e. The minimum absolute atomic E-state index is 1.10. The highest BCUT2D eigenvalue weighted by molar-refractivity contribution is 5.95. The fourth-order valence-electron chi connectivity index (χ4n) is 3.36. The quantitative estimate of drug-likeness (QED) is 0.704. The van der Waals surface area contributed by atoms with Gasteiger partial charge in [0.15, 0.2) is 0 Å². The van der Waals surface area contributed by atoms with E-state index in [2.05, 4.69) is 60.8 Å². The number of hydrogen-bond donors (Lipinski definition) is 1. The van der Waals surface area contributed by atoms with Crippen molar-refractivity contribution in [3.8, 4) is 0 Å². The van der Waals surface area contributed by atoms with Gasteiger partial charge in [-0.15, -0.1) is 0 Å². The fraction of sp³-hybridized carbons (Fsp3) is 0.250. The summed E-state index contributed by atoms with van der Waals surface area (Å²) in [5.74, 6) is 0. The van der Waals surface area contributed by atoms with Crippen LogP contribution in [0.3, 0.4) is 0 Å². The van der Waals surface area contributed by atoms with Crippen LogP contribution in [0.25, 0.3) is 10.9 Å². The molecule has 1 aliphatic rings. The first-order valence-corrected chi connectivity index (χ1v) is 8.06. The van der Waals surface area contributed by atoms with Gasteiger partial charge in [0.25, 0.3) is 0 Å². The molecule has 1 aliphatic carbocycles. The zero-order valence-electron chi connectivity index (χ0n) is 12.9. The second kappa shape index (κ2) is 5.45. The lowest BCUT2D eigenvalue weighted by atomic mass is 9.92. The van der Waals surface area contributed by atoms with Crippen LogP contribution in [0.4, 0.5) is 11.4 Å². The van der Waals surface area contributed by atoms with Crippen molar-refractivity contribution in [2.75, 3.05) is 5.32 Å². The van der Waals surface area contributed by atoms with Gasteiger partial charge >= 0.3 is 0 Å². The van der Waals surface area contributed by atoms with Crippen molar-refractivity contribution in [2.45, 2.75) is 32.6 Å². The van der Waals surface area contributed by atoms with Gasteiger partial charge in [-0.1, -0.05) is 36.4 Å². The predicted molar refractivity (Wildman–Crippen MR) is 92.8 cm³/mol. The number of fused-ring (bicyclic) bond motifs is 2. The van der Waals surface area contributed by atoms with Crippen LogP contribution in [-0.2, 0) is 12.8 Å². The standard InChI is InChI=1S/C20H20N2/c1-14-8-2-5-11-17(14)22-20-15-9-3-6-12-18(15)21-19-13-7-4-10-16(19)20/h2-3,5-6,8-9,11-12H,4,7,10,13H2,1H3,(H,21,22). The maximum Gasteiger partial charge on any atom is 0.0726 e. The van der Waals surface area contributed by atoms with Gasteiger partial charge in [-0.05, 0) is 55.9 Å². The number of rotatable bonds is 2. The van der Waals surface area contributed by atoms with E-state index in [9.17, 15) is 0 Å². The Morgan fingerprint density at radius 3 is 2.59 bits per heavy atom. The summed E-state index contributed by atoms with van der Waals surface area (Å²) in [5, 5.41) is 4.93. The number of nitrogens with zero attached hydrogens (tertiary/aromatic N) is 1. The molecule has 0 saturated heterocycles. The van der Waals surface area contributed by atoms with Crippen molar-refractivity contribution in [3.05, 3.63) is 65.4 Å². The molecular weight excluding hydrogens is 268 g/mol. The predicted octanol–water partition coefficient (Wildman–Crippen LogP) is 5.17. The lowest BCUT2D eigenvalue weighted by Gasteiger charge is -2.22. The molecule has 0 saturated carbocycles. The number of pyridine rings is 1. The second-order valence-corrected chi connectivity index (χ2v) is 6.08. The molecule has 3 aromatic rings. The molecule has 1 aromatic heterocycles. The summed E-state index contributed by atoms with van der Waals surface area (Å²) >= 11 is 0. The third-order valence-electron chi connectivity index (χ3n) is 4.57. The largest absolute Gasteiger partial charge is 0.354 e. The third-order valence-corrected chi connectivity index (χ3v) is 4.57. The van der Waals surface area contributed by atoms with Crippen LogP contribution in [0.5, 0.6) is 0 Å². The molecule has 2 nitrogen and oxygen atoms in total. The zero-order valence-corrected chi connectivity index (χ0v) is 12.9. The maximum absolute atomic E-state index is 4.90. The van der Waals surface area contributed by atoms with E-state index in [4.69, 9.17) is 4.98 Å². The third kappa shape index (κ3) is 2.25. The van der Waals surface area contributed by atoms with Gasteiger partial charge in [0.05, 0.1) is 11.2 Å². The minimum Gasteiger partial charge on any atom is -0.354 e. The molecule has 0 aliphatic heterocycles. The van der Waals surface area contributed by atoms with Crippen LogP contribution < -0.4 is 5.32 Å². The van der Waals surface area contributed by atoms with E-state index in [1.807, 2.05) is 0 Å². The number of para-hydroxylation sites is 2. The van der Waals surface area contributed by atoms with Crippen LogP contribution in [0.15, 0.2) is 48.5 Å². The molecular formula is C20H20N2. The van der Waals surface area contributed by atoms with Gasteiger partial charge in [-0.2, -0.15) is 0 Å². The van der Waals surface area contributed by atoms with Gasteiger partial charge in [0.2, 0.25) is 0 Å². The topological polar surface area (TPSA) is 24.9 Å². The van der Waals surface area contributed by atoms with E-state index in [-0.39, 0.29) is 0 Å². The van der Waals surface area contributed by atoms with E-state index in [0.717, 1.165) is 18.4 Å². The van der Waals surface area contributed by atoms with Crippen LogP contribution in [-0.4, -0.2) is 4.98 Å². The van der Waals surface area contributed by atoms with Crippen molar-refractivity contribution in [3.63, 3.8) is 0 Å². The molecule has 1 N–H and O–H groups in total. The number of nitrogens with one attached hydrogen (secondary N) is 1. The van der Waals surface area contributed by atoms with Crippen molar-refractivity contribution >= 4 is 22.3 Å². The monoisotopic (exact) mass is 288 g/mol. The lowest BCUT2D eigenvalue weighted by Crippen LogP contribution is -2.09. The molecule has 0 radical (unpaired) electrons. The Balaban J connectivity index is 1.93. The normalized spacial score (nSPS) is 13.9. The van der Waals surface area contributed by atoms with Gasteiger partial charge in [0.1, 0.15) is 0 Å². The summed E-state index contributed by atoms with van der Waals surface area (Å²) in [6.45, 7) is 2.15. The first kappa shape index (κ1) is 13.3. The van der Waals surface area contributed by atoms with Gasteiger partial charge in [-0.3, -0.25) is 4.98 Å². The highest BCUT2D eigenvalue weighted by Gasteiger charge is 2.18. The summed E-state index contributed by atoms with van der Waals surface area (Å²) in [4.78, 5) is 4.90. The molecule has 0 bridgehead atoms. The Morgan fingerprint density at radius 2 is 1.68 bits per heavy atom. The molecule has 0 atom stereocenters. The number of aromatic nitrogens is 1. The summed E-state index contributed by atoms with van der Waals surface area (Å²) in [6, 6.07) is 16.9. The highest BCUT2D eigenvalue weighted by Crippen LogP contribution is 2.35. The van der Waals surface area contributed by atoms with E-state index in [1.165, 1.54) is 46.4 Å². The van der Waals surface area contributed by atoms with E-state index < -0.39 is 0 Å². The minimum atomic E-state index is 1.10. The summed E-state index contributed by atoms with van der Waals surface area (Å²) in [7, 11) is 0. The SMILES string of the molecule is Cc1ccccc1Nc1c2c(nc3ccccc13)CCCC2. The van der Waals surface area contributed by atoms with Crippen molar-refractivity contribution < 1.29 is 0 Å². The van der Waals surface area contributed by atoms with E-state index in [0.29, 0.717) is 0 Å². The molecule has 0 unspecified atom stereocenters. The lowest BCUT2D eigenvalue weighted by molar-refractivity contribution is 0.672. The van der Waals surface area contributed by atoms with Gasteiger partial charge in [-0.25, -0.2) is 0 Å². The highest BCUT2D eigenvalue weighted by atomic mass is 14.9. The number of hydrogen-bond acceptors (Lipinski definition) is 2. The fourth-order valence-corrected chi connectivity index (χ4v) is 3.36. The first-order valence-electron chi connectivity index (χ1n) is 8.06. The van der Waals surface area contributed by atoms with Crippen LogP contribution in [0.2, 0.25) is 0 Å². The molecule has 110 valence electrons. The number of anilines is 2. The van der Waals surface area contributed by atoms with Crippen LogP contribution in [0.1, 0.15) is 29.7 Å². The molecule has 0 spiro atoms. The zero-order chi connectivity index (χ0) is 14.9. The molecule has 4 rings (SSSR count). The molecule has 22 heavy (non-hydrogen) atoms. The number of benzene rings is 2. The number of aryl methyl sites for hydroxylation is 2. The summed E-state index contributed by atoms with van der Waals surface area (Å²) in [6.07, 6.45) is 4.74. The van der Waals surface area contributed by atoms with Crippen molar-refractivity contribution in [1.29, 1.82) is 0 Å². The Hall–Kier alpha value is -2.35.